The van der Waals surface area contributed by atoms with Gasteiger partial charge in [-0.2, -0.15) is 0 Å². The van der Waals surface area contributed by atoms with Gasteiger partial charge < -0.3 is 19.9 Å². The van der Waals surface area contributed by atoms with Gasteiger partial charge >= 0.3 is 5.97 Å². The third-order valence-corrected chi connectivity index (χ3v) is 6.86. The molecule has 1 aliphatic carbocycles. The molecule has 1 amide bonds. The Hall–Kier alpha value is -3.74. The minimum atomic E-state index is -0.875. The fraction of sp³-hybridized carbons (Fsp3) is 0.333. The van der Waals surface area contributed by atoms with Gasteiger partial charge in [0, 0.05) is 39.0 Å². The molecule has 1 aliphatic rings. The average Bonchev–Trinajstić information content (AvgIpc) is 3.77. The molecule has 0 bridgehead atoms. The van der Waals surface area contributed by atoms with Gasteiger partial charge in [-0.1, -0.05) is 60.7 Å². The van der Waals surface area contributed by atoms with Crippen molar-refractivity contribution in [2.45, 2.75) is 44.6 Å². The Kier molecular flexibility index (Phi) is 10.1. The van der Waals surface area contributed by atoms with E-state index >= 15 is 0 Å². The van der Waals surface area contributed by atoms with Crippen molar-refractivity contribution in [2.75, 3.05) is 27.4 Å². The molecule has 0 aromatic heterocycles. The fourth-order valence-electron chi connectivity index (χ4n) is 4.73. The van der Waals surface area contributed by atoms with Crippen LogP contribution in [0.2, 0.25) is 0 Å². The number of nitrogens with one attached hydrogen (secondary N) is 1. The maximum absolute atomic E-state index is 12.5. The molecule has 2 N–H and O–H groups in total. The first-order valence-electron chi connectivity index (χ1n) is 13.6. The molecule has 6 heteroatoms. The van der Waals surface area contributed by atoms with E-state index in [-0.39, 0.29) is 5.91 Å². The second-order valence-electron chi connectivity index (χ2n) is 9.97. The number of hydrogen-bond donors (Lipinski definition) is 2. The highest BCUT2D eigenvalue weighted by Gasteiger charge is 2.24. The van der Waals surface area contributed by atoms with Crippen LogP contribution >= 0.6 is 0 Å². The third kappa shape index (κ3) is 7.88. The van der Waals surface area contributed by atoms with Crippen molar-refractivity contribution in [3.05, 3.63) is 95.1 Å². The summed E-state index contributed by atoms with van der Waals surface area (Å²) in [6, 6.07) is 24.1. The Morgan fingerprint density at radius 1 is 0.769 bits per heavy atom. The summed E-state index contributed by atoms with van der Waals surface area (Å²) in [5.41, 5.74) is 3.42. The van der Waals surface area contributed by atoms with E-state index in [1.807, 2.05) is 48.5 Å². The summed E-state index contributed by atoms with van der Waals surface area (Å²) >= 11 is 0. The van der Waals surface area contributed by atoms with E-state index in [0.717, 1.165) is 77.8 Å². The van der Waals surface area contributed by atoms with Gasteiger partial charge in [0.2, 0.25) is 0 Å². The Morgan fingerprint density at radius 2 is 1.26 bits per heavy atom. The number of aryl methyl sites for hydroxylation is 2. The number of carbonyl (C=O) groups excluding carboxylic acids is 1. The average molecular weight is 528 g/mol. The molecule has 1 fully saturated rings. The van der Waals surface area contributed by atoms with E-state index in [4.69, 9.17) is 9.47 Å². The van der Waals surface area contributed by atoms with Crippen LogP contribution in [0, 0.1) is 0 Å². The normalized spacial score (nSPS) is 12.7. The molecule has 0 aliphatic heterocycles. The van der Waals surface area contributed by atoms with E-state index < -0.39 is 5.97 Å². The lowest BCUT2D eigenvalue weighted by molar-refractivity contribution is 0.0698. The summed E-state index contributed by atoms with van der Waals surface area (Å²) < 4.78 is 10.1. The lowest BCUT2D eigenvalue weighted by Gasteiger charge is -2.10. The lowest BCUT2D eigenvalue weighted by atomic mass is 9.98. The minimum Gasteiger partial charge on any atom is -0.478 e. The topological polar surface area (TPSA) is 84.9 Å². The smallest absolute Gasteiger partial charge is 0.336 e. The second-order valence-corrected chi connectivity index (χ2v) is 9.97. The molecule has 6 nitrogen and oxygen atoms in total. The monoisotopic (exact) mass is 527 g/mol. The number of rotatable bonds is 11. The highest BCUT2D eigenvalue weighted by atomic mass is 16.5. The Morgan fingerprint density at radius 3 is 1.74 bits per heavy atom. The van der Waals surface area contributed by atoms with Crippen LogP contribution in [0.25, 0.3) is 21.5 Å². The summed E-state index contributed by atoms with van der Waals surface area (Å²) in [7, 11) is 3.39. The van der Waals surface area contributed by atoms with Gasteiger partial charge in [-0.15, -0.1) is 0 Å². The number of carboxylic acids is 1. The molecule has 0 radical (unpaired) electrons. The lowest BCUT2D eigenvalue weighted by Crippen LogP contribution is -2.25. The van der Waals surface area contributed by atoms with Crippen molar-refractivity contribution in [1.29, 1.82) is 0 Å². The van der Waals surface area contributed by atoms with Crippen LogP contribution in [-0.4, -0.2) is 50.5 Å². The number of fused-ring (bicyclic) bond motifs is 2. The highest BCUT2D eigenvalue weighted by Crippen LogP contribution is 2.25. The van der Waals surface area contributed by atoms with Gasteiger partial charge in [-0.05, 0) is 83.3 Å². The number of aromatic carboxylic acids is 1. The summed E-state index contributed by atoms with van der Waals surface area (Å²) in [4.78, 5) is 23.7. The quantitative estimate of drug-likeness (QED) is 0.220. The van der Waals surface area contributed by atoms with Crippen molar-refractivity contribution in [1.82, 2.24) is 5.32 Å². The summed E-state index contributed by atoms with van der Waals surface area (Å²) in [5.74, 6) is -0.818. The molecule has 1 saturated carbocycles. The van der Waals surface area contributed by atoms with Crippen LogP contribution < -0.4 is 5.32 Å². The zero-order valence-electron chi connectivity index (χ0n) is 22.7. The zero-order chi connectivity index (χ0) is 27.6. The van der Waals surface area contributed by atoms with Crippen LogP contribution in [0.4, 0.5) is 0 Å². The second kappa shape index (κ2) is 13.9. The summed E-state index contributed by atoms with van der Waals surface area (Å²) in [6.45, 7) is 1.44. The van der Waals surface area contributed by atoms with Gasteiger partial charge in [0.05, 0.1) is 5.56 Å². The molecule has 4 aromatic rings. The van der Waals surface area contributed by atoms with Crippen LogP contribution in [-0.2, 0) is 22.3 Å². The Balaban J connectivity index is 0.000000183. The number of methoxy groups -OCH3 is 2. The van der Waals surface area contributed by atoms with Gasteiger partial charge in [-0.3, -0.25) is 4.79 Å². The molecule has 5 rings (SSSR count). The number of benzene rings is 4. The van der Waals surface area contributed by atoms with E-state index in [2.05, 4.69) is 23.5 Å². The van der Waals surface area contributed by atoms with Crippen molar-refractivity contribution >= 4 is 33.4 Å². The van der Waals surface area contributed by atoms with Gasteiger partial charge in [0.15, 0.2) is 0 Å². The first-order chi connectivity index (χ1) is 19.0. The molecule has 0 saturated heterocycles. The van der Waals surface area contributed by atoms with Crippen molar-refractivity contribution in [3.63, 3.8) is 0 Å². The molecule has 0 unspecified atom stereocenters. The minimum absolute atomic E-state index is 0.0577. The van der Waals surface area contributed by atoms with Crippen LogP contribution in [0.3, 0.4) is 0 Å². The zero-order valence-corrected chi connectivity index (χ0v) is 22.7. The van der Waals surface area contributed by atoms with Crippen molar-refractivity contribution in [3.8, 4) is 0 Å². The number of carboxylic acid groups (broad SMARTS) is 1. The van der Waals surface area contributed by atoms with Crippen LogP contribution in [0.1, 0.15) is 57.5 Å². The highest BCUT2D eigenvalue weighted by molar-refractivity contribution is 6.07. The first-order valence-corrected chi connectivity index (χ1v) is 13.6. The predicted octanol–water partition coefficient (Wildman–Crippen LogP) is 6.43. The molecule has 0 atom stereocenters. The van der Waals surface area contributed by atoms with E-state index in [1.165, 1.54) is 5.56 Å². The van der Waals surface area contributed by atoms with Gasteiger partial charge in [0.1, 0.15) is 0 Å². The molecule has 204 valence electrons. The maximum atomic E-state index is 12.5. The summed E-state index contributed by atoms with van der Waals surface area (Å²) in [6.07, 6.45) is 5.85. The van der Waals surface area contributed by atoms with E-state index in [1.54, 1.807) is 20.3 Å². The molecular weight excluding hydrogens is 490 g/mol. The molecular formula is C33H37NO5. The van der Waals surface area contributed by atoms with E-state index in [9.17, 15) is 14.7 Å². The molecule has 0 spiro atoms. The van der Waals surface area contributed by atoms with E-state index in [0.29, 0.717) is 18.2 Å². The third-order valence-electron chi connectivity index (χ3n) is 6.86. The van der Waals surface area contributed by atoms with Crippen LogP contribution in [0.15, 0.2) is 72.8 Å². The number of carbonyl (C=O) groups is 2. The standard InChI is InChI=1S/C18H21NO2.C15H16O3/c1-21-10-4-5-13-11-14-6-2-3-7-16(14)17(12-13)18(20)19-15-8-9-15;1-18-8-4-5-11-9-12-6-2-3-7-13(12)14(10-11)15(16)17/h2-3,6-7,11-12,15H,4-5,8-10H2,1H3,(H,19,20);2-3,6-7,9-10H,4-5,8H2,1H3,(H,16,17). The number of ether oxygens (including phenoxy) is 2. The SMILES string of the molecule is COCCCc1cc(C(=O)NC2CC2)c2ccccc2c1.COCCCc1cc(C(=O)O)c2ccccc2c1. The molecule has 0 heterocycles. The molecule has 4 aromatic carbocycles. The fourth-order valence-corrected chi connectivity index (χ4v) is 4.73. The van der Waals surface area contributed by atoms with Crippen molar-refractivity contribution in [2.24, 2.45) is 0 Å². The van der Waals surface area contributed by atoms with Crippen molar-refractivity contribution < 1.29 is 24.2 Å². The van der Waals surface area contributed by atoms with Crippen LogP contribution in [0.5, 0.6) is 0 Å². The molecule has 39 heavy (non-hydrogen) atoms. The largest absolute Gasteiger partial charge is 0.478 e. The Labute approximate surface area is 229 Å². The first kappa shape index (κ1) is 28.3. The summed E-state index contributed by atoms with van der Waals surface area (Å²) in [5, 5.41) is 16.3. The number of hydrogen-bond acceptors (Lipinski definition) is 4. The number of amides is 1. The maximum Gasteiger partial charge on any atom is 0.336 e. The predicted molar refractivity (Wildman–Crippen MR) is 156 cm³/mol. The van der Waals surface area contributed by atoms with Gasteiger partial charge in [0.25, 0.3) is 5.91 Å². The Bertz CT molecular complexity index is 1430. The van der Waals surface area contributed by atoms with Gasteiger partial charge in [-0.25, -0.2) is 4.79 Å².